The molecule has 2 saturated carbocycles. The molecule has 1 N–H and O–H groups in total. The van der Waals surface area contributed by atoms with Crippen LogP contribution in [0.2, 0.25) is 0 Å². The lowest BCUT2D eigenvalue weighted by molar-refractivity contribution is 0.0179. The highest BCUT2D eigenvalue weighted by atomic mass is 16.3. The Morgan fingerprint density at radius 1 is 1.10 bits per heavy atom. The van der Waals surface area contributed by atoms with Crippen molar-refractivity contribution in [2.45, 2.75) is 105 Å². The van der Waals surface area contributed by atoms with Crippen LogP contribution < -0.4 is 0 Å². The number of fused-ring (bicyclic) bond motifs is 5. The largest absolute Gasteiger partial charge is 0.393 e. The fourth-order valence-corrected chi connectivity index (χ4v) is 8.65. The van der Waals surface area contributed by atoms with Crippen LogP contribution in [0.3, 0.4) is 0 Å². The number of allylic oxidation sites excluding steroid dienone is 3. The van der Waals surface area contributed by atoms with E-state index in [-0.39, 0.29) is 6.10 Å². The molecule has 0 amide bonds. The molecule has 170 valence electrons. The second-order valence-electron chi connectivity index (χ2n) is 12.5. The molecular weight excluding hydrogens is 364 g/mol. The molecule has 30 heavy (non-hydrogen) atoms. The molecule has 0 bridgehead atoms. The number of rotatable bonds is 6. The van der Waals surface area contributed by atoms with E-state index in [0.29, 0.717) is 16.7 Å². The monoisotopic (exact) mass is 412 g/mol. The maximum atomic E-state index is 10.2. The van der Waals surface area contributed by atoms with Crippen LogP contribution in [0.1, 0.15) is 99.3 Å². The van der Waals surface area contributed by atoms with E-state index in [2.05, 4.69) is 59.8 Å². The Morgan fingerprint density at radius 2 is 1.87 bits per heavy atom. The molecule has 0 aliphatic heterocycles. The van der Waals surface area contributed by atoms with Crippen molar-refractivity contribution in [3.8, 4) is 0 Å². The maximum absolute atomic E-state index is 10.2. The van der Waals surface area contributed by atoms with Crippen LogP contribution in [0.4, 0.5) is 0 Å². The summed E-state index contributed by atoms with van der Waals surface area (Å²) < 4.78 is 0. The SMILES string of the molecule is CCC(CC[C@@H](C)[C@H]1CC[C@H]2[C@@H]3CC=C4C[C@@H](O)CC[C@]4(C)[C@H]3C=C[C@]12C)C(C)C. The predicted molar refractivity (Wildman–Crippen MR) is 128 cm³/mol. The molecule has 0 aromatic heterocycles. The highest BCUT2D eigenvalue weighted by Crippen LogP contribution is 2.65. The lowest BCUT2D eigenvalue weighted by atomic mass is 9.49. The van der Waals surface area contributed by atoms with E-state index < -0.39 is 0 Å². The van der Waals surface area contributed by atoms with Gasteiger partial charge in [0.15, 0.2) is 0 Å². The van der Waals surface area contributed by atoms with Gasteiger partial charge in [0, 0.05) is 0 Å². The molecule has 0 aromatic rings. The molecule has 0 aromatic carbocycles. The van der Waals surface area contributed by atoms with Gasteiger partial charge >= 0.3 is 0 Å². The molecule has 2 fully saturated rings. The summed E-state index contributed by atoms with van der Waals surface area (Å²) in [6.07, 6.45) is 19.2. The zero-order chi connectivity index (χ0) is 21.7. The second-order valence-corrected chi connectivity index (χ2v) is 12.5. The highest BCUT2D eigenvalue weighted by Gasteiger charge is 2.57. The fraction of sp³-hybridized carbons (Fsp3) is 0.862. The van der Waals surface area contributed by atoms with Crippen LogP contribution in [-0.2, 0) is 0 Å². The van der Waals surface area contributed by atoms with Crippen molar-refractivity contribution in [3.05, 3.63) is 23.8 Å². The lowest BCUT2D eigenvalue weighted by Gasteiger charge is -2.55. The van der Waals surface area contributed by atoms with Gasteiger partial charge in [0.1, 0.15) is 0 Å². The van der Waals surface area contributed by atoms with Gasteiger partial charge < -0.3 is 5.11 Å². The normalized spacial score (nSPS) is 44.8. The molecule has 9 atom stereocenters. The van der Waals surface area contributed by atoms with Crippen LogP contribution in [0.25, 0.3) is 0 Å². The number of aliphatic hydroxyl groups excluding tert-OH is 1. The van der Waals surface area contributed by atoms with Crippen LogP contribution in [0.15, 0.2) is 23.8 Å². The van der Waals surface area contributed by atoms with E-state index in [4.69, 9.17) is 0 Å². The third kappa shape index (κ3) is 3.66. The molecule has 0 radical (unpaired) electrons. The summed E-state index contributed by atoms with van der Waals surface area (Å²) in [5.41, 5.74) is 2.27. The van der Waals surface area contributed by atoms with Crippen LogP contribution in [0, 0.1) is 52.3 Å². The Balaban J connectivity index is 1.51. The molecule has 0 spiro atoms. The van der Waals surface area contributed by atoms with Crippen molar-refractivity contribution in [2.75, 3.05) is 0 Å². The number of hydrogen-bond acceptors (Lipinski definition) is 1. The van der Waals surface area contributed by atoms with Gasteiger partial charge in [-0.3, -0.25) is 0 Å². The summed E-state index contributed by atoms with van der Waals surface area (Å²) in [7, 11) is 0. The van der Waals surface area contributed by atoms with Crippen molar-refractivity contribution in [1.82, 2.24) is 0 Å². The Labute approximate surface area is 186 Å². The summed E-state index contributed by atoms with van der Waals surface area (Å²) in [5.74, 6) is 5.78. The molecule has 4 rings (SSSR count). The van der Waals surface area contributed by atoms with Gasteiger partial charge in [-0.15, -0.1) is 0 Å². The first kappa shape index (κ1) is 22.6. The van der Waals surface area contributed by atoms with E-state index in [9.17, 15) is 5.11 Å². The molecule has 1 heteroatoms. The summed E-state index contributed by atoms with van der Waals surface area (Å²) in [6.45, 7) is 14.9. The fourth-order valence-electron chi connectivity index (χ4n) is 8.65. The minimum atomic E-state index is -0.104. The molecule has 1 nitrogen and oxygen atoms in total. The summed E-state index contributed by atoms with van der Waals surface area (Å²) in [6, 6.07) is 0. The zero-order valence-electron chi connectivity index (χ0n) is 20.7. The molecule has 0 saturated heterocycles. The standard InChI is InChI=1S/C29H48O/c1-7-21(19(2)3)9-8-20(4)25-12-13-26-24-11-10-22-18-23(30)14-16-28(22,5)27(24)15-17-29(25,26)6/h10,15,17,19-21,23-27,30H,7-9,11-14,16,18H2,1-6H3/t20-,21?,23+,24+,25-,26+,27+,28+,29-/m1/s1. The Bertz CT molecular complexity index is 674. The minimum absolute atomic E-state index is 0.104. The van der Waals surface area contributed by atoms with Crippen molar-refractivity contribution in [2.24, 2.45) is 52.3 Å². The highest BCUT2D eigenvalue weighted by molar-refractivity contribution is 5.30. The lowest BCUT2D eigenvalue weighted by Crippen LogP contribution is -2.48. The first-order valence-electron chi connectivity index (χ1n) is 13.3. The van der Waals surface area contributed by atoms with Gasteiger partial charge in [0.05, 0.1) is 6.10 Å². The van der Waals surface area contributed by atoms with Gasteiger partial charge in [-0.2, -0.15) is 0 Å². The van der Waals surface area contributed by atoms with Gasteiger partial charge in [-0.25, -0.2) is 0 Å². The first-order chi connectivity index (χ1) is 14.2. The van der Waals surface area contributed by atoms with E-state index in [1.54, 1.807) is 5.57 Å². The van der Waals surface area contributed by atoms with Gasteiger partial charge in [0.25, 0.3) is 0 Å². The third-order valence-electron chi connectivity index (χ3n) is 10.7. The minimum Gasteiger partial charge on any atom is -0.393 e. The molecule has 1 unspecified atom stereocenters. The third-order valence-corrected chi connectivity index (χ3v) is 10.7. The van der Waals surface area contributed by atoms with Gasteiger partial charge in [-0.1, -0.05) is 78.2 Å². The van der Waals surface area contributed by atoms with Crippen molar-refractivity contribution in [3.63, 3.8) is 0 Å². The average Bonchev–Trinajstić information content (AvgIpc) is 3.06. The maximum Gasteiger partial charge on any atom is 0.0577 e. The van der Waals surface area contributed by atoms with E-state index in [1.807, 2.05) is 0 Å². The second kappa shape index (κ2) is 8.42. The Morgan fingerprint density at radius 3 is 2.57 bits per heavy atom. The topological polar surface area (TPSA) is 20.2 Å². The number of hydrogen-bond donors (Lipinski definition) is 1. The van der Waals surface area contributed by atoms with Crippen LogP contribution in [0.5, 0.6) is 0 Å². The smallest absolute Gasteiger partial charge is 0.0577 e. The predicted octanol–water partition coefficient (Wildman–Crippen LogP) is 7.80. The van der Waals surface area contributed by atoms with Crippen molar-refractivity contribution >= 4 is 0 Å². The van der Waals surface area contributed by atoms with E-state index in [0.717, 1.165) is 48.3 Å². The zero-order valence-corrected chi connectivity index (χ0v) is 20.7. The van der Waals surface area contributed by atoms with Crippen LogP contribution in [-0.4, -0.2) is 11.2 Å². The van der Waals surface area contributed by atoms with Crippen molar-refractivity contribution < 1.29 is 5.11 Å². The van der Waals surface area contributed by atoms with Gasteiger partial charge in [-0.05, 0) is 97.2 Å². The Hall–Kier alpha value is -0.560. The first-order valence-corrected chi connectivity index (χ1v) is 13.3. The van der Waals surface area contributed by atoms with Crippen molar-refractivity contribution in [1.29, 1.82) is 0 Å². The van der Waals surface area contributed by atoms with Crippen LogP contribution >= 0.6 is 0 Å². The summed E-state index contributed by atoms with van der Waals surface area (Å²) in [5, 5.41) is 10.2. The number of aliphatic hydroxyl groups is 1. The molecule has 4 aliphatic rings. The average molecular weight is 413 g/mol. The summed E-state index contributed by atoms with van der Waals surface area (Å²) >= 11 is 0. The molecule has 0 heterocycles. The Kier molecular flexibility index (Phi) is 6.35. The molecule has 4 aliphatic carbocycles. The van der Waals surface area contributed by atoms with E-state index in [1.165, 1.54) is 44.9 Å². The van der Waals surface area contributed by atoms with E-state index >= 15 is 0 Å². The van der Waals surface area contributed by atoms with Gasteiger partial charge in [0.2, 0.25) is 0 Å². The molecular formula is C29H48O. The quantitative estimate of drug-likeness (QED) is 0.441. The summed E-state index contributed by atoms with van der Waals surface area (Å²) in [4.78, 5) is 0.